The molecule has 0 aliphatic rings. The highest BCUT2D eigenvalue weighted by molar-refractivity contribution is 7.99. The average Bonchev–Trinajstić information content (AvgIpc) is 2.38. The summed E-state index contributed by atoms with van der Waals surface area (Å²) in [5, 5.41) is 11.0. The predicted octanol–water partition coefficient (Wildman–Crippen LogP) is 4.00. The minimum absolute atomic E-state index is 0.685. The van der Waals surface area contributed by atoms with Gasteiger partial charge in [0, 0.05) is 5.39 Å². The van der Waals surface area contributed by atoms with E-state index in [4.69, 9.17) is 5.26 Å². The molecule has 0 N–H and O–H groups in total. The normalized spacial score (nSPS) is 10.4. The van der Waals surface area contributed by atoms with Gasteiger partial charge >= 0.3 is 0 Å². The first-order chi connectivity index (χ1) is 8.35. The quantitative estimate of drug-likeness (QED) is 0.600. The maximum absolute atomic E-state index is 9.13. The molecule has 0 bridgehead atoms. The number of pyridine rings is 1. The summed E-state index contributed by atoms with van der Waals surface area (Å²) in [5.41, 5.74) is 1.65. The van der Waals surface area contributed by atoms with Crippen molar-refractivity contribution in [3.05, 3.63) is 35.9 Å². The maximum Gasteiger partial charge on any atom is 0.115 e. The van der Waals surface area contributed by atoms with Crippen LogP contribution in [0.4, 0.5) is 0 Å². The minimum Gasteiger partial charge on any atom is -0.240 e. The van der Waals surface area contributed by atoms with Gasteiger partial charge in [0.25, 0.3) is 0 Å². The highest BCUT2D eigenvalue weighted by atomic mass is 32.2. The molecule has 0 aliphatic heterocycles. The van der Waals surface area contributed by atoms with Gasteiger partial charge in [-0.3, -0.25) is 0 Å². The average molecular weight is 242 g/mol. The number of hydrogen-bond donors (Lipinski definition) is 0. The summed E-state index contributed by atoms with van der Waals surface area (Å²) in [5.74, 6) is 1.02. The van der Waals surface area contributed by atoms with Crippen LogP contribution in [0, 0.1) is 11.3 Å². The van der Waals surface area contributed by atoms with Gasteiger partial charge in [0.2, 0.25) is 0 Å². The van der Waals surface area contributed by atoms with Crippen molar-refractivity contribution in [2.24, 2.45) is 0 Å². The number of unbranched alkanes of at least 4 members (excludes halogenated alkanes) is 1. The number of aromatic nitrogens is 1. The van der Waals surface area contributed by atoms with Gasteiger partial charge in [-0.25, -0.2) is 4.98 Å². The van der Waals surface area contributed by atoms with Crippen LogP contribution in [0.3, 0.4) is 0 Å². The summed E-state index contributed by atoms with van der Waals surface area (Å²) in [6, 6.07) is 12.1. The monoisotopic (exact) mass is 242 g/mol. The summed E-state index contributed by atoms with van der Waals surface area (Å²) in [4.78, 5) is 4.56. The molecule has 0 saturated carbocycles. The van der Waals surface area contributed by atoms with E-state index in [-0.39, 0.29) is 0 Å². The molecule has 1 aromatic carbocycles. The summed E-state index contributed by atoms with van der Waals surface area (Å²) < 4.78 is 0. The Morgan fingerprint density at radius 1 is 1.35 bits per heavy atom. The molecule has 2 rings (SSSR count). The van der Waals surface area contributed by atoms with Crippen molar-refractivity contribution in [3.63, 3.8) is 0 Å². The van der Waals surface area contributed by atoms with Crippen molar-refractivity contribution >= 4 is 22.7 Å². The second-order valence-corrected chi connectivity index (χ2v) is 4.93. The topological polar surface area (TPSA) is 36.7 Å². The van der Waals surface area contributed by atoms with E-state index in [9.17, 15) is 0 Å². The molecule has 2 aromatic rings. The smallest absolute Gasteiger partial charge is 0.115 e. The zero-order valence-electron chi connectivity index (χ0n) is 9.81. The number of nitriles is 1. The number of benzene rings is 1. The number of thioether (sulfide) groups is 1. The molecule has 0 saturated heterocycles. The Morgan fingerprint density at radius 2 is 2.18 bits per heavy atom. The van der Waals surface area contributed by atoms with Crippen molar-refractivity contribution in [1.29, 1.82) is 5.26 Å². The molecule has 0 spiro atoms. The Bertz CT molecular complexity index is 558. The first-order valence-corrected chi connectivity index (χ1v) is 6.76. The van der Waals surface area contributed by atoms with E-state index < -0.39 is 0 Å². The molecule has 0 aliphatic carbocycles. The Balaban J connectivity index is 2.36. The lowest BCUT2D eigenvalue weighted by atomic mass is 10.2. The van der Waals surface area contributed by atoms with Crippen LogP contribution in [-0.2, 0) is 0 Å². The molecule has 86 valence electrons. The molecule has 1 heterocycles. The number of hydrogen-bond acceptors (Lipinski definition) is 3. The second kappa shape index (κ2) is 5.70. The summed E-state index contributed by atoms with van der Waals surface area (Å²) in [6.45, 7) is 2.17. The van der Waals surface area contributed by atoms with Crippen LogP contribution in [0.1, 0.15) is 25.3 Å². The van der Waals surface area contributed by atoms with E-state index in [1.54, 1.807) is 11.8 Å². The van der Waals surface area contributed by atoms with Crippen LogP contribution in [0.15, 0.2) is 35.4 Å². The first kappa shape index (κ1) is 11.9. The van der Waals surface area contributed by atoms with Crippen molar-refractivity contribution in [1.82, 2.24) is 4.98 Å². The molecular weight excluding hydrogens is 228 g/mol. The van der Waals surface area contributed by atoms with E-state index in [0.29, 0.717) is 5.56 Å². The SMILES string of the molecule is CCCCSc1nc2ccccc2cc1C#N. The molecule has 0 atom stereocenters. The molecule has 17 heavy (non-hydrogen) atoms. The molecule has 0 fully saturated rings. The summed E-state index contributed by atoms with van der Waals surface area (Å²) >= 11 is 1.68. The lowest BCUT2D eigenvalue weighted by Crippen LogP contribution is -1.90. The Hall–Kier alpha value is -1.53. The second-order valence-electron chi connectivity index (χ2n) is 3.85. The van der Waals surface area contributed by atoms with Crippen LogP contribution < -0.4 is 0 Å². The molecule has 0 radical (unpaired) electrons. The van der Waals surface area contributed by atoms with Gasteiger partial charge in [0.15, 0.2) is 0 Å². The van der Waals surface area contributed by atoms with Crippen molar-refractivity contribution in [2.45, 2.75) is 24.8 Å². The summed E-state index contributed by atoms with van der Waals surface area (Å²) in [7, 11) is 0. The van der Waals surface area contributed by atoms with E-state index in [1.807, 2.05) is 30.3 Å². The number of para-hydroxylation sites is 1. The van der Waals surface area contributed by atoms with Gasteiger partial charge in [-0.15, -0.1) is 11.8 Å². The fourth-order valence-electron chi connectivity index (χ4n) is 1.60. The van der Waals surface area contributed by atoms with Gasteiger partial charge in [0.05, 0.1) is 11.1 Å². The standard InChI is InChI=1S/C14H14N2S/c1-2-3-8-17-14-12(10-15)9-11-6-4-5-7-13(11)16-14/h4-7,9H,2-3,8H2,1H3. The largest absolute Gasteiger partial charge is 0.240 e. The third kappa shape index (κ3) is 2.78. The third-order valence-electron chi connectivity index (χ3n) is 2.55. The van der Waals surface area contributed by atoms with E-state index in [0.717, 1.165) is 28.1 Å². The van der Waals surface area contributed by atoms with Crippen LogP contribution in [0.25, 0.3) is 10.9 Å². The van der Waals surface area contributed by atoms with E-state index >= 15 is 0 Å². The van der Waals surface area contributed by atoms with Gasteiger partial charge in [-0.1, -0.05) is 31.5 Å². The van der Waals surface area contributed by atoms with Crippen molar-refractivity contribution < 1.29 is 0 Å². The molecule has 1 aromatic heterocycles. The predicted molar refractivity (Wildman–Crippen MR) is 72.1 cm³/mol. The maximum atomic E-state index is 9.13. The number of fused-ring (bicyclic) bond motifs is 1. The van der Waals surface area contributed by atoms with E-state index in [1.165, 1.54) is 6.42 Å². The molecule has 3 heteroatoms. The zero-order chi connectivity index (χ0) is 12.1. The summed E-state index contributed by atoms with van der Waals surface area (Å²) in [6.07, 6.45) is 2.33. The van der Waals surface area contributed by atoms with Crippen molar-refractivity contribution in [3.8, 4) is 6.07 Å². The Morgan fingerprint density at radius 3 is 2.94 bits per heavy atom. The molecular formula is C14H14N2S. The number of rotatable bonds is 4. The van der Waals surface area contributed by atoms with Gasteiger partial charge in [0.1, 0.15) is 11.1 Å². The molecule has 0 amide bonds. The van der Waals surface area contributed by atoms with Crippen molar-refractivity contribution in [2.75, 3.05) is 5.75 Å². The van der Waals surface area contributed by atoms with Crippen LogP contribution in [-0.4, -0.2) is 10.7 Å². The van der Waals surface area contributed by atoms with E-state index in [2.05, 4.69) is 18.0 Å². The molecule has 2 nitrogen and oxygen atoms in total. The Kier molecular flexibility index (Phi) is 4.00. The van der Waals surface area contributed by atoms with Crippen LogP contribution >= 0.6 is 11.8 Å². The highest BCUT2D eigenvalue weighted by Crippen LogP contribution is 2.25. The lowest BCUT2D eigenvalue weighted by Gasteiger charge is -2.04. The van der Waals surface area contributed by atoms with Gasteiger partial charge < -0.3 is 0 Å². The highest BCUT2D eigenvalue weighted by Gasteiger charge is 2.06. The lowest BCUT2D eigenvalue weighted by molar-refractivity contribution is 0.894. The zero-order valence-corrected chi connectivity index (χ0v) is 10.6. The van der Waals surface area contributed by atoms with Crippen LogP contribution in [0.5, 0.6) is 0 Å². The first-order valence-electron chi connectivity index (χ1n) is 5.78. The fourth-order valence-corrected chi connectivity index (χ4v) is 2.65. The third-order valence-corrected chi connectivity index (χ3v) is 3.62. The molecule has 0 unspecified atom stereocenters. The Labute approximate surface area is 106 Å². The van der Waals surface area contributed by atoms with Gasteiger partial charge in [-0.05, 0) is 24.3 Å². The fraction of sp³-hybridized carbons (Fsp3) is 0.286. The number of nitrogens with zero attached hydrogens (tertiary/aromatic N) is 2. The minimum atomic E-state index is 0.685. The van der Waals surface area contributed by atoms with Crippen LogP contribution in [0.2, 0.25) is 0 Å². The van der Waals surface area contributed by atoms with Gasteiger partial charge in [-0.2, -0.15) is 5.26 Å².